The van der Waals surface area contributed by atoms with Crippen molar-refractivity contribution < 1.29 is 23.8 Å². The number of methoxy groups -OCH3 is 2. The van der Waals surface area contributed by atoms with Gasteiger partial charge in [-0.15, -0.1) is 0 Å². The number of ether oxygens (including phenoxy) is 3. The number of carbonyl (C=O) groups excluding carboxylic acids is 2. The van der Waals surface area contributed by atoms with E-state index in [0.717, 1.165) is 12.8 Å². The van der Waals surface area contributed by atoms with Gasteiger partial charge in [-0.1, -0.05) is 12.1 Å². The molecule has 4 rings (SSSR count). The van der Waals surface area contributed by atoms with E-state index in [1.165, 1.54) is 7.11 Å². The lowest BCUT2D eigenvalue weighted by Gasteiger charge is -2.33. The molecule has 0 aliphatic carbocycles. The third-order valence-electron chi connectivity index (χ3n) is 5.61. The molecule has 2 fully saturated rings. The van der Waals surface area contributed by atoms with Crippen LogP contribution in [0.1, 0.15) is 12.8 Å². The van der Waals surface area contributed by atoms with Crippen molar-refractivity contribution in [2.75, 3.05) is 51.8 Å². The number of rotatable bonds is 7. The summed E-state index contributed by atoms with van der Waals surface area (Å²) in [7, 11) is 3.07. The van der Waals surface area contributed by atoms with Crippen molar-refractivity contribution in [2.45, 2.75) is 18.9 Å². The summed E-state index contributed by atoms with van der Waals surface area (Å²) in [4.78, 5) is 39.0. The van der Waals surface area contributed by atoms with E-state index in [0.29, 0.717) is 43.5 Å². The van der Waals surface area contributed by atoms with Crippen LogP contribution in [0.5, 0.6) is 17.6 Å². The molecular formula is C22H27N5O5. The molecule has 0 N–H and O–H groups in total. The molecule has 0 spiro atoms. The topological polar surface area (TPSA) is 97.3 Å². The summed E-state index contributed by atoms with van der Waals surface area (Å²) in [5.41, 5.74) is 0.710. The van der Waals surface area contributed by atoms with Gasteiger partial charge in [0.1, 0.15) is 18.4 Å². The van der Waals surface area contributed by atoms with E-state index in [2.05, 4.69) is 9.97 Å². The van der Waals surface area contributed by atoms with Crippen molar-refractivity contribution >= 4 is 17.6 Å². The van der Waals surface area contributed by atoms with Crippen LogP contribution in [0.2, 0.25) is 0 Å². The number of para-hydroxylation sites is 2. The molecule has 0 bridgehead atoms. The van der Waals surface area contributed by atoms with Gasteiger partial charge < -0.3 is 24.0 Å². The average Bonchev–Trinajstić information content (AvgIpc) is 3.19. The lowest BCUT2D eigenvalue weighted by molar-refractivity contribution is -0.134. The van der Waals surface area contributed by atoms with Crippen LogP contribution in [0, 0.1) is 0 Å². The molecule has 1 aromatic carbocycles. The summed E-state index contributed by atoms with van der Waals surface area (Å²) in [6.45, 7) is 2.12. The molecule has 170 valence electrons. The van der Waals surface area contributed by atoms with Crippen LogP contribution in [0.25, 0.3) is 0 Å². The number of hydrogen-bond donors (Lipinski definition) is 0. The molecule has 3 heterocycles. The zero-order valence-corrected chi connectivity index (χ0v) is 18.3. The number of piperidine rings is 1. The Morgan fingerprint density at radius 2 is 1.97 bits per heavy atom. The standard InChI is InChI=1S/C22H27N5O5/c1-30-18-8-4-3-7-17(18)27-13-12-26(22(27)29)15-20(28)25-11-5-6-16(14-25)32-19-9-10-23-21(24-19)31-2/h3-4,7-10,16H,5-6,11-15H2,1-2H3. The van der Waals surface area contributed by atoms with E-state index >= 15 is 0 Å². The first-order valence-electron chi connectivity index (χ1n) is 10.6. The Morgan fingerprint density at radius 3 is 2.78 bits per heavy atom. The minimum atomic E-state index is -0.194. The normalized spacial score (nSPS) is 18.6. The van der Waals surface area contributed by atoms with Gasteiger partial charge >= 0.3 is 12.0 Å². The number of amides is 3. The van der Waals surface area contributed by atoms with Crippen LogP contribution < -0.4 is 19.1 Å². The van der Waals surface area contributed by atoms with Crippen LogP contribution in [0.4, 0.5) is 10.5 Å². The van der Waals surface area contributed by atoms with E-state index in [-0.39, 0.29) is 30.6 Å². The number of carbonyl (C=O) groups is 2. The molecule has 3 amide bonds. The van der Waals surface area contributed by atoms with Crippen LogP contribution in [0.3, 0.4) is 0 Å². The van der Waals surface area contributed by atoms with Gasteiger partial charge in [0.15, 0.2) is 0 Å². The highest BCUT2D eigenvalue weighted by Gasteiger charge is 2.34. The minimum Gasteiger partial charge on any atom is -0.495 e. The number of benzene rings is 1. The first-order chi connectivity index (χ1) is 15.6. The number of nitrogens with zero attached hydrogens (tertiary/aromatic N) is 5. The Labute approximate surface area is 186 Å². The Hall–Kier alpha value is -3.56. The maximum Gasteiger partial charge on any atom is 0.325 e. The highest BCUT2D eigenvalue weighted by Crippen LogP contribution is 2.30. The van der Waals surface area contributed by atoms with Gasteiger partial charge in [-0.05, 0) is 25.0 Å². The fraction of sp³-hybridized carbons (Fsp3) is 0.455. The molecule has 0 saturated carbocycles. The molecule has 1 unspecified atom stereocenters. The van der Waals surface area contributed by atoms with Crippen molar-refractivity contribution in [3.05, 3.63) is 36.5 Å². The zero-order valence-electron chi connectivity index (χ0n) is 18.3. The van der Waals surface area contributed by atoms with Crippen molar-refractivity contribution in [3.8, 4) is 17.6 Å². The Kier molecular flexibility index (Phi) is 6.58. The zero-order chi connectivity index (χ0) is 22.5. The van der Waals surface area contributed by atoms with E-state index in [4.69, 9.17) is 14.2 Å². The van der Waals surface area contributed by atoms with Gasteiger partial charge in [0.25, 0.3) is 0 Å². The SMILES string of the molecule is COc1nccc(OC2CCCN(C(=O)CN3CCN(c4ccccc4OC)C3=O)C2)n1. The Balaban J connectivity index is 1.35. The second kappa shape index (κ2) is 9.71. The summed E-state index contributed by atoms with van der Waals surface area (Å²) >= 11 is 0. The van der Waals surface area contributed by atoms with Crippen molar-refractivity contribution in [2.24, 2.45) is 0 Å². The summed E-state index contributed by atoms with van der Waals surface area (Å²) in [6.07, 6.45) is 3.03. The van der Waals surface area contributed by atoms with E-state index in [9.17, 15) is 9.59 Å². The third kappa shape index (κ3) is 4.68. The highest BCUT2D eigenvalue weighted by atomic mass is 16.5. The quantitative estimate of drug-likeness (QED) is 0.646. The number of anilines is 1. The van der Waals surface area contributed by atoms with Gasteiger partial charge in [0, 0.05) is 31.9 Å². The number of hydrogen-bond acceptors (Lipinski definition) is 7. The molecule has 10 nitrogen and oxygen atoms in total. The monoisotopic (exact) mass is 441 g/mol. The molecule has 1 aromatic heterocycles. The van der Waals surface area contributed by atoms with Crippen molar-refractivity contribution in [1.29, 1.82) is 0 Å². The summed E-state index contributed by atoms with van der Waals surface area (Å²) in [5, 5.41) is 0. The van der Waals surface area contributed by atoms with Crippen LogP contribution in [0.15, 0.2) is 36.5 Å². The van der Waals surface area contributed by atoms with Crippen LogP contribution in [-0.4, -0.2) is 84.8 Å². The van der Waals surface area contributed by atoms with Gasteiger partial charge in [-0.25, -0.2) is 9.78 Å². The Morgan fingerprint density at radius 1 is 1.12 bits per heavy atom. The molecule has 10 heteroatoms. The van der Waals surface area contributed by atoms with Crippen LogP contribution >= 0.6 is 0 Å². The maximum absolute atomic E-state index is 13.0. The lowest BCUT2D eigenvalue weighted by atomic mass is 10.1. The van der Waals surface area contributed by atoms with Gasteiger partial charge in [0.05, 0.1) is 26.5 Å². The van der Waals surface area contributed by atoms with Gasteiger partial charge in [-0.2, -0.15) is 4.98 Å². The summed E-state index contributed by atoms with van der Waals surface area (Å²) < 4.78 is 16.3. The first kappa shape index (κ1) is 21.7. The second-order valence-electron chi connectivity index (χ2n) is 7.63. The first-order valence-corrected chi connectivity index (χ1v) is 10.6. The highest BCUT2D eigenvalue weighted by molar-refractivity contribution is 5.97. The molecular weight excluding hydrogens is 414 g/mol. The largest absolute Gasteiger partial charge is 0.495 e. The number of likely N-dealkylation sites (tertiary alicyclic amines) is 1. The van der Waals surface area contributed by atoms with E-state index in [1.807, 2.05) is 24.3 Å². The second-order valence-corrected chi connectivity index (χ2v) is 7.63. The average molecular weight is 441 g/mol. The summed E-state index contributed by atoms with van der Waals surface area (Å²) in [5.74, 6) is 0.957. The molecule has 2 aliphatic heterocycles. The Bertz CT molecular complexity index is 971. The van der Waals surface area contributed by atoms with Crippen molar-refractivity contribution in [1.82, 2.24) is 19.8 Å². The predicted molar refractivity (Wildman–Crippen MR) is 116 cm³/mol. The molecule has 0 radical (unpaired) electrons. The molecule has 2 saturated heterocycles. The van der Waals surface area contributed by atoms with Crippen molar-refractivity contribution in [3.63, 3.8) is 0 Å². The number of aromatic nitrogens is 2. The minimum absolute atomic E-state index is 0.0402. The smallest absolute Gasteiger partial charge is 0.325 e. The fourth-order valence-electron chi connectivity index (χ4n) is 3.99. The summed E-state index contributed by atoms with van der Waals surface area (Å²) in [6, 6.07) is 9.09. The predicted octanol–water partition coefficient (Wildman–Crippen LogP) is 1.81. The molecule has 2 aliphatic rings. The van der Waals surface area contributed by atoms with E-state index in [1.54, 1.807) is 34.1 Å². The van der Waals surface area contributed by atoms with E-state index < -0.39 is 0 Å². The molecule has 2 aromatic rings. The molecule has 32 heavy (non-hydrogen) atoms. The maximum atomic E-state index is 13.0. The van der Waals surface area contributed by atoms with Gasteiger partial charge in [0.2, 0.25) is 11.8 Å². The fourth-order valence-corrected chi connectivity index (χ4v) is 3.99. The number of urea groups is 1. The third-order valence-corrected chi connectivity index (χ3v) is 5.61. The van der Waals surface area contributed by atoms with Crippen LogP contribution in [-0.2, 0) is 4.79 Å². The van der Waals surface area contributed by atoms with Gasteiger partial charge in [-0.3, -0.25) is 9.69 Å². The lowest BCUT2D eigenvalue weighted by Crippen LogP contribution is -2.48. The molecule has 1 atom stereocenters.